The Labute approximate surface area is 237 Å². The molecule has 2 aromatic carbocycles. The number of rotatable bonds is 5. The van der Waals surface area contributed by atoms with Crippen LogP contribution in [0.25, 0.3) is 22.2 Å². The highest BCUT2D eigenvalue weighted by molar-refractivity contribution is 5.98. The summed E-state index contributed by atoms with van der Waals surface area (Å²) in [6, 6.07) is 14.3. The van der Waals surface area contributed by atoms with E-state index in [1.165, 1.54) is 48.7 Å². The summed E-state index contributed by atoms with van der Waals surface area (Å²) in [5, 5.41) is 11.1. The van der Waals surface area contributed by atoms with E-state index >= 15 is 0 Å². The van der Waals surface area contributed by atoms with Crippen LogP contribution in [-0.4, -0.2) is 96.4 Å². The van der Waals surface area contributed by atoms with Crippen molar-refractivity contribution in [2.75, 3.05) is 66.0 Å². The summed E-state index contributed by atoms with van der Waals surface area (Å²) < 4.78 is 9.14. The number of carbonyl (C=O) groups is 1. The van der Waals surface area contributed by atoms with E-state index in [1.54, 1.807) is 6.07 Å². The Hall–Kier alpha value is -2.87. The third-order valence-electron chi connectivity index (χ3n) is 9.98. The van der Waals surface area contributed by atoms with Gasteiger partial charge in [0.1, 0.15) is 5.75 Å². The maximum atomic E-state index is 12.1. The SMILES string of the molecule is CN1CCN(CCN2CC3(COc4ccccc4-c4c(C5CCCCC5)c5ccc(C(=O)O)cc5n4C3)C2)CC1. The Bertz CT molecular complexity index is 1390. The van der Waals surface area contributed by atoms with Crippen LogP contribution in [0.15, 0.2) is 42.5 Å². The van der Waals surface area contributed by atoms with Gasteiger partial charge in [-0.15, -0.1) is 0 Å². The van der Waals surface area contributed by atoms with E-state index in [1.807, 2.05) is 6.07 Å². The molecule has 0 amide bonds. The van der Waals surface area contributed by atoms with Gasteiger partial charge in [-0.25, -0.2) is 4.79 Å². The lowest BCUT2D eigenvalue weighted by molar-refractivity contribution is -0.0498. The Kier molecular flexibility index (Phi) is 6.85. The molecule has 2 saturated heterocycles. The van der Waals surface area contributed by atoms with Crippen LogP contribution in [0, 0.1) is 5.41 Å². The number of aromatic carboxylic acids is 1. The van der Waals surface area contributed by atoms with Crippen molar-refractivity contribution in [1.29, 1.82) is 0 Å². The predicted octanol–water partition coefficient (Wildman–Crippen LogP) is 5.00. The Morgan fingerprint density at radius 3 is 2.48 bits per heavy atom. The lowest BCUT2D eigenvalue weighted by Gasteiger charge is -2.51. The zero-order valence-electron chi connectivity index (χ0n) is 23.8. The standard InChI is InChI=1S/C33H42N4O3/c1-34-13-15-35(16-14-34)17-18-36-20-33(21-36)22-37-28-19-25(32(38)39)11-12-26(28)30(24-7-3-2-4-8-24)31(37)27-9-5-6-10-29(27)40-23-33/h5-6,9-12,19,24H,2-4,7-8,13-18,20-23H2,1H3,(H,38,39). The number of benzene rings is 2. The van der Waals surface area contributed by atoms with Crippen LogP contribution >= 0.6 is 0 Å². The Morgan fingerprint density at radius 1 is 0.950 bits per heavy atom. The molecule has 40 heavy (non-hydrogen) atoms. The number of fused-ring (bicyclic) bond motifs is 5. The first kappa shape index (κ1) is 26.1. The molecule has 3 aromatic rings. The maximum Gasteiger partial charge on any atom is 0.335 e. The van der Waals surface area contributed by atoms with E-state index in [2.05, 4.69) is 56.6 Å². The summed E-state index contributed by atoms with van der Waals surface area (Å²) in [5.41, 5.74) is 5.27. The molecule has 7 nitrogen and oxygen atoms in total. The van der Waals surface area contributed by atoms with Gasteiger partial charge in [0.05, 0.1) is 17.9 Å². The fourth-order valence-electron chi connectivity index (χ4n) is 7.77. The second kappa shape index (κ2) is 10.5. The number of hydrogen-bond donors (Lipinski definition) is 1. The van der Waals surface area contributed by atoms with Gasteiger partial charge in [-0.3, -0.25) is 4.90 Å². The molecule has 7 heteroatoms. The zero-order chi connectivity index (χ0) is 27.3. The van der Waals surface area contributed by atoms with Gasteiger partial charge in [0.2, 0.25) is 0 Å². The van der Waals surface area contributed by atoms with Crippen molar-refractivity contribution in [3.8, 4) is 17.0 Å². The van der Waals surface area contributed by atoms with Gasteiger partial charge < -0.3 is 24.2 Å². The van der Waals surface area contributed by atoms with Crippen LogP contribution in [0.3, 0.4) is 0 Å². The molecule has 0 unspecified atom stereocenters. The van der Waals surface area contributed by atoms with Crippen LogP contribution in [0.1, 0.15) is 53.9 Å². The molecule has 7 rings (SSSR count). The molecule has 3 fully saturated rings. The normalized spacial score (nSPS) is 22.2. The first-order valence-corrected chi connectivity index (χ1v) is 15.2. The quantitative estimate of drug-likeness (QED) is 0.490. The molecule has 0 radical (unpaired) electrons. The van der Waals surface area contributed by atoms with Crippen LogP contribution in [0.4, 0.5) is 0 Å². The average molecular weight is 543 g/mol. The number of para-hydroxylation sites is 1. The summed E-state index contributed by atoms with van der Waals surface area (Å²) in [6.45, 7) is 10.4. The maximum absolute atomic E-state index is 12.1. The molecule has 1 saturated carbocycles. The first-order valence-electron chi connectivity index (χ1n) is 15.2. The summed E-state index contributed by atoms with van der Waals surface area (Å²) >= 11 is 0. The highest BCUT2D eigenvalue weighted by Crippen LogP contribution is 2.49. The van der Waals surface area contributed by atoms with Gasteiger partial charge in [-0.05, 0) is 55.6 Å². The van der Waals surface area contributed by atoms with Gasteiger partial charge in [-0.2, -0.15) is 0 Å². The average Bonchev–Trinajstić information content (AvgIpc) is 3.26. The van der Waals surface area contributed by atoms with E-state index < -0.39 is 5.97 Å². The molecule has 212 valence electrons. The molecule has 4 aliphatic rings. The molecule has 3 aliphatic heterocycles. The fraction of sp³-hybridized carbons (Fsp3) is 0.545. The van der Waals surface area contributed by atoms with Gasteiger partial charge in [0.15, 0.2) is 0 Å². The Balaban J connectivity index is 1.26. The lowest BCUT2D eigenvalue weighted by atomic mass is 9.79. The van der Waals surface area contributed by atoms with Crippen molar-refractivity contribution >= 4 is 16.9 Å². The molecule has 1 aromatic heterocycles. The van der Waals surface area contributed by atoms with Crippen molar-refractivity contribution in [1.82, 2.24) is 19.3 Å². The number of piperazine rings is 1. The number of carboxylic acid groups (broad SMARTS) is 1. The Morgan fingerprint density at radius 2 is 1.70 bits per heavy atom. The molecule has 0 bridgehead atoms. The van der Waals surface area contributed by atoms with Crippen LogP contribution in [0.5, 0.6) is 5.75 Å². The molecule has 1 spiro atoms. The fourth-order valence-corrected chi connectivity index (χ4v) is 7.77. The first-order chi connectivity index (χ1) is 19.5. The van der Waals surface area contributed by atoms with Crippen LogP contribution in [-0.2, 0) is 6.54 Å². The molecule has 1 aliphatic carbocycles. The third kappa shape index (κ3) is 4.72. The number of nitrogens with zero attached hydrogens (tertiary/aromatic N) is 4. The van der Waals surface area contributed by atoms with Crippen molar-refractivity contribution in [2.24, 2.45) is 5.41 Å². The topological polar surface area (TPSA) is 61.2 Å². The van der Waals surface area contributed by atoms with E-state index in [0.29, 0.717) is 18.1 Å². The number of carboxylic acids is 1. The number of likely N-dealkylation sites (N-methyl/N-ethyl adjacent to an activating group) is 1. The highest BCUT2D eigenvalue weighted by atomic mass is 16.5. The minimum Gasteiger partial charge on any atom is -0.492 e. The predicted molar refractivity (Wildman–Crippen MR) is 158 cm³/mol. The van der Waals surface area contributed by atoms with E-state index in [4.69, 9.17) is 4.74 Å². The summed E-state index contributed by atoms with van der Waals surface area (Å²) in [6.07, 6.45) is 6.21. The minimum absolute atomic E-state index is 0.0133. The number of hydrogen-bond acceptors (Lipinski definition) is 5. The minimum atomic E-state index is -0.861. The van der Waals surface area contributed by atoms with E-state index in [0.717, 1.165) is 75.7 Å². The smallest absolute Gasteiger partial charge is 0.335 e. The lowest BCUT2D eigenvalue weighted by Crippen LogP contribution is -2.62. The largest absolute Gasteiger partial charge is 0.492 e. The third-order valence-corrected chi connectivity index (χ3v) is 9.98. The summed E-state index contributed by atoms with van der Waals surface area (Å²) in [4.78, 5) is 19.7. The molecular weight excluding hydrogens is 500 g/mol. The number of likely N-dealkylation sites (tertiary alicyclic amines) is 1. The molecule has 0 atom stereocenters. The summed E-state index contributed by atoms with van der Waals surface area (Å²) in [5.74, 6) is 0.588. The molecular formula is C33H42N4O3. The zero-order valence-corrected chi connectivity index (χ0v) is 23.8. The molecule has 1 N–H and O–H groups in total. The van der Waals surface area contributed by atoms with Gasteiger partial charge in [-0.1, -0.05) is 37.5 Å². The van der Waals surface area contributed by atoms with E-state index in [9.17, 15) is 9.90 Å². The van der Waals surface area contributed by atoms with Gasteiger partial charge >= 0.3 is 5.97 Å². The van der Waals surface area contributed by atoms with Crippen LogP contribution in [0.2, 0.25) is 0 Å². The number of ether oxygens (including phenoxy) is 1. The summed E-state index contributed by atoms with van der Waals surface area (Å²) in [7, 11) is 2.21. The highest BCUT2D eigenvalue weighted by Gasteiger charge is 2.46. The van der Waals surface area contributed by atoms with Crippen molar-refractivity contribution in [3.05, 3.63) is 53.6 Å². The van der Waals surface area contributed by atoms with Crippen LogP contribution < -0.4 is 4.74 Å². The van der Waals surface area contributed by atoms with Gasteiger partial charge in [0.25, 0.3) is 0 Å². The van der Waals surface area contributed by atoms with Crippen molar-refractivity contribution in [2.45, 2.75) is 44.6 Å². The van der Waals surface area contributed by atoms with E-state index in [-0.39, 0.29) is 5.41 Å². The second-order valence-corrected chi connectivity index (χ2v) is 12.9. The van der Waals surface area contributed by atoms with Crippen molar-refractivity contribution < 1.29 is 14.6 Å². The van der Waals surface area contributed by atoms with Gasteiger partial charge in [0, 0.05) is 80.8 Å². The number of aromatic nitrogens is 1. The molecule has 4 heterocycles. The van der Waals surface area contributed by atoms with Crippen molar-refractivity contribution in [3.63, 3.8) is 0 Å². The monoisotopic (exact) mass is 542 g/mol. The second-order valence-electron chi connectivity index (χ2n) is 12.9.